The third-order valence-electron chi connectivity index (χ3n) is 4.53. The Morgan fingerprint density at radius 1 is 1.32 bits per heavy atom. The molecule has 0 aliphatic rings. The number of carbonyl (C=O) groups excluding carboxylic acids is 1. The van der Waals surface area contributed by atoms with Crippen molar-refractivity contribution in [3.8, 4) is 6.07 Å². The fourth-order valence-electron chi connectivity index (χ4n) is 3.05. The van der Waals surface area contributed by atoms with E-state index >= 15 is 0 Å². The zero-order chi connectivity index (χ0) is 19.8. The second-order valence-corrected chi connectivity index (χ2v) is 7.72. The number of rotatable bonds is 4. The minimum Gasteiger partial charge on any atom is -0.309 e. The van der Waals surface area contributed by atoms with Gasteiger partial charge in [0, 0.05) is 12.4 Å². The van der Waals surface area contributed by atoms with Gasteiger partial charge in [0.15, 0.2) is 10.8 Å². The molecule has 0 radical (unpaired) electrons. The SMILES string of the molecule is Cc1cc2nnc(SC(C)C(=O)Nc3c(C#N)cnn3C)n2c2ccccc12. The van der Waals surface area contributed by atoms with E-state index in [1.54, 1.807) is 14.0 Å². The van der Waals surface area contributed by atoms with Crippen molar-refractivity contribution < 1.29 is 4.79 Å². The number of amides is 1. The highest BCUT2D eigenvalue weighted by Gasteiger charge is 2.21. The summed E-state index contributed by atoms with van der Waals surface area (Å²) in [7, 11) is 1.68. The Bertz CT molecular complexity index is 1250. The van der Waals surface area contributed by atoms with Gasteiger partial charge in [0.25, 0.3) is 0 Å². The van der Waals surface area contributed by atoms with Crippen molar-refractivity contribution in [2.45, 2.75) is 24.3 Å². The molecule has 1 aromatic carbocycles. The fourth-order valence-corrected chi connectivity index (χ4v) is 3.92. The molecule has 1 unspecified atom stereocenters. The Balaban J connectivity index is 1.65. The van der Waals surface area contributed by atoms with E-state index in [0.717, 1.165) is 22.1 Å². The topological polar surface area (TPSA) is 101 Å². The number of fused-ring (bicyclic) bond motifs is 3. The molecule has 0 aliphatic heterocycles. The normalized spacial score (nSPS) is 12.2. The largest absolute Gasteiger partial charge is 0.309 e. The summed E-state index contributed by atoms with van der Waals surface area (Å²) in [5.41, 5.74) is 3.18. The van der Waals surface area contributed by atoms with Crippen LogP contribution in [0.1, 0.15) is 18.1 Å². The molecule has 9 heteroatoms. The predicted molar refractivity (Wildman–Crippen MR) is 107 cm³/mol. The van der Waals surface area contributed by atoms with Gasteiger partial charge in [-0.3, -0.25) is 13.9 Å². The van der Waals surface area contributed by atoms with Crippen molar-refractivity contribution in [1.82, 2.24) is 24.4 Å². The molecule has 8 nitrogen and oxygen atoms in total. The van der Waals surface area contributed by atoms with Gasteiger partial charge in [-0.25, -0.2) is 0 Å². The summed E-state index contributed by atoms with van der Waals surface area (Å²) < 4.78 is 3.43. The van der Waals surface area contributed by atoms with Gasteiger partial charge in [-0.15, -0.1) is 10.2 Å². The first-order valence-electron chi connectivity index (χ1n) is 8.62. The summed E-state index contributed by atoms with van der Waals surface area (Å²) in [6.07, 6.45) is 1.42. The van der Waals surface area contributed by atoms with Crippen LogP contribution in [0.2, 0.25) is 0 Å². The van der Waals surface area contributed by atoms with Crippen LogP contribution in [0.4, 0.5) is 5.82 Å². The van der Waals surface area contributed by atoms with E-state index in [2.05, 4.69) is 26.7 Å². The molecular weight excluding hydrogens is 374 g/mol. The van der Waals surface area contributed by atoms with Crippen LogP contribution < -0.4 is 5.32 Å². The van der Waals surface area contributed by atoms with Gasteiger partial charge in [-0.1, -0.05) is 30.0 Å². The number of pyridine rings is 1. The number of nitrogens with zero attached hydrogens (tertiary/aromatic N) is 6. The molecule has 1 atom stereocenters. The van der Waals surface area contributed by atoms with Crippen LogP contribution in [0.5, 0.6) is 0 Å². The molecule has 28 heavy (non-hydrogen) atoms. The number of nitrogens with one attached hydrogen (secondary N) is 1. The second-order valence-electron chi connectivity index (χ2n) is 6.41. The highest BCUT2D eigenvalue weighted by molar-refractivity contribution is 8.00. The lowest BCUT2D eigenvalue weighted by Crippen LogP contribution is -2.24. The first-order valence-corrected chi connectivity index (χ1v) is 9.50. The number of carbonyl (C=O) groups is 1. The molecule has 4 aromatic rings. The smallest absolute Gasteiger partial charge is 0.238 e. The molecular formula is C19H17N7OS. The van der Waals surface area contributed by atoms with Crippen LogP contribution in [0.25, 0.3) is 16.6 Å². The van der Waals surface area contributed by atoms with Crippen LogP contribution in [0, 0.1) is 18.3 Å². The third kappa shape index (κ3) is 2.97. The minimum absolute atomic E-state index is 0.238. The summed E-state index contributed by atoms with van der Waals surface area (Å²) in [5.74, 6) is 0.144. The van der Waals surface area contributed by atoms with Crippen LogP contribution >= 0.6 is 11.8 Å². The number of hydrogen-bond donors (Lipinski definition) is 1. The Kier molecular flexibility index (Phi) is 4.49. The molecule has 0 spiro atoms. The third-order valence-corrected chi connectivity index (χ3v) is 5.57. The van der Waals surface area contributed by atoms with Crippen molar-refractivity contribution >= 4 is 40.0 Å². The summed E-state index contributed by atoms with van der Waals surface area (Å²) in [4.78, 5) is 12.7. The second kappa shape index (κ2) is 6.98. The highest BCUT2D eigenvalue weighted by Crippen LogP contribution is 2.28. The maximum atomic E-state index is 12.7. The molecule has 0 saturated carbocycles. The van der Waals surface area contributed by atoms with E-state index in [9.17, 15) is 4.79 Å². The number of anilines is 1. The molecule has 0 aliphatic carbocycles. The van der Waals surface area contributed by atoms with Crippen molar-refractivity contribution in [3.05, 3.63) is 47.7 Å². The molecule has 140 valence electrons. The molecule has 0 saturated heterocycles. The van der Waals surface area contributed by atoms with Crippen LogP contribution in [-0.4, -0.2) is 35.5 Å². The van der Waals surface area contributed by atoms with E-state index < -0.39 is 5.25 Å². The van der Waals surface area contributed by atoms with Crippen LogP contribution in [0.15, 0.2) is 41.7 Å². The van der Waals surface area contributed by atoms with Gasteiger partial charge >= 0.3 is 0 Å². The van der Waals surface area contributed by atoms with Gasteiger partial charge in [-0.05, 0) is 31.5 Å². The summed E-state index contributed by atoms with van der Waals surface area (Å²) in [6, 6.07) is 12.0. The van der Waals surface area contributed by atoms with E-state index in [1.165, 1.54) is 22.6 Å². The van der Waals surface area contributed by atoms with E-state index in [4.69, 9.17) is 5.26 Å². The van der Waals surface area contributed by atoms with Crippen LogP contribution in [0.3, 0.4) is 0 Å². The quantitative estimate of drug-likeness (QED) is 0.537. The van der Waals surface area contributed by atoms with Gasteiger partial charge in [-0.2, -0.15) is 10.4 Å². The van der Waals surface area contributed by atoms with Crippen molar-refractivity contribution in [3.63, 3.8) is 0 Å². The Morgan fingerprint density at radius 3 is 2.89 bits per heavy atom. The lowest BCUT2D eigenvalue weighted by molar-refractivity contribution is -0.115. The molecule has 4 rings (SSSR count). The predicted octanol–water partition coefficient (Wildman–Crippen LogP) is 2.92. The summed E-state index contributed by atoms with van der Waals surface area (Å²) in [5, 5.41) is 25.8. The molecule has 3 aromatic heterocycles. The standard InChI is InChI=1S/C19H17N7OS/c1-11-8-16-23-24-19(26(16)15-7-5-4-6-14(11)15)28-12(2)18(27)22-17-13(9-20)10-21-25(17)3/h4-8,10,12H,1-3H3,(H,22,27). The number of aryl methyl sites for hydroxylation is 2. The highest BCUT2D eigenvalue weighted by atomic mass is 32.2. The average molecular weight is 391 g/mol. The average Bonchev–Trinajstić information content (AvgIpc) is 3.25. The van der Waals surface area contributed by atoms with Crippen molar-refractivity contribution in [2.24, 2.45) is 7.05 Å². The van der Waals surface area contributed by atoms with Gasteiger partial charge in [0.1, 0.15) is 17.5 Å². The van der Waals surface area contributed by atoms with Gasteiger partial charge < -0.3 is 5.32 Å². The maximum absolute atomic E-state index is 12.7. The van der Waals surface area contributed by atoms with E-state index in [0.29, 0.717) is 16.5 Å². The van der Waals surface area contributed by atoms with Gasteiger partial charge in [0.2, 0.25) is 5.91 Å². The maximum Gasteiger partial charge on any atom is 0.238 e. The lowest BCUT2D eigenvalue weighted by atomic mass is 10.1. The number of aromatic nitrogens is 5. The first-order chi connectivity index (χ1) is 13.5. The minimum atomic E-state index is -0.450. The Labute approximate surface area is 165 Å². The first kappa shape index (κ1) is 18.0. The molecule has 0 fully saturated rings. The van der Waals surface area contributed by atoms with Crippen molar-refractivity contribution in [2.75, 3.05) is 5.32 Å². The summed E-state index contributed by atoms with van der Waals surface area (Å²) >= 11 is 1.31. The molecule has 1 amide bonds. The van der Waals surface area contributed by atoms with Gasteiger partial charge in [0.05, 0.1) is 17.0 Å². The van der Waals surface area contributed by atoms with Crippen molar-refractivity contribution in [1.29, 1.82) is 5.26 Å². The van der Waals surface area contributed by atoms with E-state index in [-0.39, 0.29) is 5.91 Å². The lowest BCUT2D eigenvalue weighted by Gasteiger charge is -2.12. The Morgan fingerprint density at radius 2 is 2.11 bits per heavy atom. The molecule has 1 N–H and O–H groups in total. The number of para-hydroxylation sites is 1. The number of thioether (sulfide) groups is 1. The zero-order valence-electron chi connectivity index (χ0n) is 15.5. The number of nitriles is 1. The Hall–Kier alpha value is -3.38. The molecule has 0 bridgehead atoms. The van der Waals surface area contributed by atoms with E-state index in [1.807, 2.05) is 41.7 Å². The fraction of sp³-hybridized carbons (Fsp3) is 0.211. The number of hydrogen-bond acceptors (Lipinski definition) is 6. The van der Waals surface area contributed by atoms with Crippen LogP contribution in [-0.2, 0) is 11.8 Å². The zero-order valence-corrected chi connectivity index (χ0v) is 16.4. The molecule has 3 heterocycles. The monoisotopic (exact) mass is 391 g/mol. The number of benzene rings is 1. The summed E-state index contributed by atoms with van der Waals surface area (Å²) in [6.45, 7) is 3.83.